The van der Waals surface area contributed by atoms with Crippen LogP contribution in [0.2, 0.25) is 0 Å². The molecule has 0 saturated heterocycles. The van der Waals surface area contributed by atoms with Crippen LogP contribution in [-0.4, -0.2) is 28.0 Å². The molecule has 1 aromatic rings. The second-order valence-corrected chi connectivity index (χ2v) is 5.34. The Labute approximate surface area is 124 Å². The average Bonchev–Trinajstić information content (AvgIpc) is 2.52. The van der Waals surface area contributed by atoms with E-state index in [-0.39, 0.29) is 11.8 Å². The Kier molecular flexibility index (Phi) is 5.49. The normalized spacial score (nSPS) is 17.5. The minimum atomic E-state index is -0.954. The molecule has 2 N–H and O–H groups in total. The fourth-order valence-electron chi connectivity index (χ4n) is 2.70. The van der Waals surface area contributed by atoms with Gasteiger partial charge < -0.3 is 10.4 Å². The van der Waals surface area contributed by atoms with Crippen molar-refractivity contribution in [1.29, 1.82) is 0 Å². The van der Waals surface area contributed by atoms with Crippen LogP contribution in [0.4, 0.5) is 0 Å². The molecule has 5 heteroatoms. The van der Waals surface area contributed by atoms with E-state index in [4.69, 9.17) is 0 Å². The average molecular weight is 288 g/mol. The first-order chi connectivity index (χ1) is 10.2. The number of carbonyl (C=O) groups is 2. The molecule has 1 saturated carbocycles. The molecular formula is C16H20N2O3. The van der Waals surface area contributed by atoms with Gasteiger partial charge >= 0.3 is 5.97 Å². The second kappa shape index (κ2) is 7.57. The Bertz CT molecular complexity index is 508. The van der Waals surface area contributed by atoms with Crippen molar-refractivity contribution in [2.24, 2.45) is 5.92 Å². The summed E-state index contributed by atoms with van der Waals surface area (Å²) in [7, 11) is 0. The third-order valence-corrected chi connectivity index (χ3v) is 3.80. The summed E-state index contributed by atoms with van der Waals surface area (Å²) >= 11 is 0. The number of nitrogens with zero attached hydrogens (tertiary/aromatic N) is 1. The van der Waals surface area contributed by atoms with Crippen molar-refractivity contribution in [3.05, 3.63) is 36.2 Å². The van der Waals surface area contributed by atoms with Gasteiger partial charge in [-0.15, -0.1) is 0 Å². The summed E-state index contributed by atoms with van der Waals surface area (Å²) < 4.78 is 0. The topological polar surface area (TPSA) is 79.3 Å². The fourth-order valence-corrected chi connectivity index (χ4v) is 2.70. The molecule has 1 unspecified atom stereocenters. The molecule has 112 valence electrons. The smallest absolute Gasteiger partial charge is 0.326 e. The van der Waals surface area contributed by atoms with E-state index in [1.807, 2.05) is 6.07 Å². The van der Waals surface area contributed by atoms with Gasteiger partial charge in [0.05, 0.1) is 0 Å². The number of hydrogen-bond acceptors (Lipinski definition) is 3. The number of carboxylic acids is 1. The lowest BCUT2D eigenvalue weighted by Gasteiger charge is -2.27. The van der Waals surface area contributed by atoms with Gasteiger partial charge in [-0.3, -0.25) is 9.78 Å². The lowest BCUT2D eigenvalue weighted by Crippen LogP contribution is -2.46. The summed E-state index contributed by atoms with van der Waals surface area (Å²) in [5, 5.41) is 11.9. The lowest BCUT2D eigenvalue weighted by atomic mass is 9.84. The summed E-state index contributed by atoms with van der Waals surface area (Å²) in [4.78, 5) is 27.2. The summed E-state index contributed by atoms with van der Waals surface area (Å²) in [5.74, 6) is -1.30. The van der Waals surface area contributed by atoms with Crippen LogP contribution in [0.5, 0.6) is 0 Å². The first-order valence-corrected chi connectivity index (χ1v) is 7.28. The molecule has 1 aliphatic carbocycles. The molecule has 1 aliphatic rings. The Morgan fingerprint density at radius 2 is 2.10 bits per heavy atom. The maximum atomic E-state index is 11.9. The van der Waals surface area contributed by atoms with Crippen LogP contribution >= 0.6 is 0 Å². The number of hydrogen-bond donors (Lipinski definition) is 2. The van der Waals surface area contributed by atoms with Crippen molar-refractivity contribution in [2.75, 3.05) is 0 Å². The van der Waals surface area contributed by atoms with Gasteiger partial charge in [0.15, 0.2) is 0 Å². The SMILES string of the molecule is O=C(/C=C/c1cccnc1)NC(C(=O)O)C1CCCCC1. The second-order valence-electron chi connectivity index (χ2n) is 5.34. The molecule has 1 heterocycles. The molecule has 0 bridgehead atoms. The summed E-state index contributed by atoms with van der Waals surface area (Å²) in [6.45, 7) is 0. The van der Waals surface area contributed by atoms with Crippen LogP contribution in [0, 0.1) is 5.92 Å². The Hall–Kier alpha value is -2.17. The van der Waals surface area contributed by atoms with E-state index < -0.39 is 12.0 Å². The van der Waals surface area contributed by atoms with E-state index >= 15 is 0 Å². The number of aliphatic carboxylic acids is 1. The lowest BCUT2D eigenvalue weighted by molar-refractivity contribution is -0.143. The number of pyridine rings is 1. The van der Waals surface area contributed by atoms with Crippen molar-refractivity contribution in [1.82, 2.24) is 10.3 Å². The highest BCUT2D eigenvalue weighted by Gasteiger charge is 2.30. The highest BCUT2D eigenvalue weighted by molar-refractivity contribution is 5.94. The van der Waals surface area contributed by atoms with E-state index in [0.29, 0.717) is 0 Å². The quantitative estimate of drug-likeness (QED) is 0.814. The van der Waals surface area contributed by atoms with Crippen molar-refractivity contribution in [2.45, 2.75) is 38.1 Å². The minimum Gasteiger partial charge on any atom is -0.480 e. The van der Waals surface area contributed by atoms with Crippen molar-refractivity contribution in [3.63, 3.8) is 0 Å². The van der Waals surface area contributed by atoms with Gasteiger partial charge in [-0.2, -0.15) is 0 Å². The molecule has 5 nitrogen and oxygen atoms in total. The van der Waals surface area contributed by atoms with Gasteiger partial charge in [0.25, 0.3) is 0 Å². The standard InChI is InChI=1S/C16H20N2O3/c19-14(9-8-12-5-4-10-17-11-12)18-15(16(20)21)13-6-2-1-3-7-13/h4-5,8-11,13,15H,1-3,6-7H2,(H,18,19)(H,20,21)/b9-8+. The maximum absolute atomic E-state index is 11.9. The molecule has 0 aromatic carbocycles. The fraction of sp³-hybridized carbons (Fsp3) is 0.438. The zero-order chi connectivity index (χ0) is 15.1. The van der Waals surface area contributed by atoms with Gasteiger partial charge in [0.1, 0.15) is 6.04 Å². The van der Waals surface area contributed by atoms with E-state index in [2.05, 4.69) is 10.3 Å². The number of carboxylic acid groups (broad SMARTS) is 1. The molecule has 21 heavy (non-hydrogen) atoms. The summed E-state index contributed by atoms with van der Waals surface area (Å²) in [6.07, 6.45) is 11.2. The molecule has 2 rings (SSSR count). The van der Waals surface area contributed by atoms with Crippen LogP contribution < -0.4 is 5.32 Å². The molecule has 1 fully saturated rings. The molecule has 0 spiro atoms. The predicted octanol–water partition coefficient (Wildman–Crippen LogP) is 2.24. The number of amides is 1. The first kappa shape index (κ1) is 15.2. The van der Waals surface area contributed by atoms with Gasteiger partial charge in [-0.25, -0.2) is 4.79 Å². The minimum absolute atomic E-state index is 0.0343. The first-order valence-electron chi connectivity index (χ1n) is 7.28. The number of nitrogens with one attached hydrogen (secondary N) is 1. The van der Waals surface area contributed by atoms with Gasteiger partial charge in [0.2, 0.25) is 5.91 Å². The van der Waals surface area contributed by atoms with E-state index in [0.717, 1.165) is 37.7 Å². The largest absolute Gasteiger partial charge is 0.480 e. The Morgan fingerprint density at radius 3 is 2.71 bits per heavy atom. The van der Waals surface area contributed by atoms with Crippen LogP contribution in [0.25, 0.3) is 6.08 Å². The van der Waals surface area contributed by atoms with Crippen LogP contribution in [-0.2, 0) is 9.59 Å². The van der Waals surface area contributed by atoms with Crippen LogP contribution in [0.15, 0.2) is 30.6 Å². The van der Waals surface area contributed by atoms with Gasteiger partial charge in [-0.1, -0.05) is 25.3 Å². The number of rotatable bonds is 5. The van der Waals surface area contributed by atoms with Crippen molar-refractivity contribution < 1.29 is 14.7 Å². The third kappa shape index (κ3) is 4.70. The molecule has 1 amide bonds. The predicted molar refractivity (Wildman–Crippen MR) is 79.4 cm³/mol. The Balaban J connectivity index is 1.95. The van der Waals surface area contributed by atoms with Gasteiger partial charge in [0, 0.05) is 18.5 Å². The molecule has 0 aliphatic heterocycles. The number of aromatic nitrogens is 1. The van der Waals surface area contributed by atoms with Crippen molar-refractivity contribution in [3.8, 4) is 0 Å². The van der Waals surface area contributed by atoms with Gasteiger partial charge in [-0.05, 0) is 36.5 Å². The van der Waals surface area contributed by atoms with E-state index in [9.17, 15) is 14.7 Å². The summed E-state index contributed by atoms with van der Waals surface area (Å²) in [5.41, 5.74) is 0.803. The monoisotopic (exact) mass is 288 g/mol. The van der Waals surface area contributed by atoms with E-state index in [1.54, 1.807) is 24.5 Å². The van der Waals surface area contributed by atoms with Crippen molar-refractivity contribution >= 4 is 18.0 Å². The molecule has 1 atom stereocenters. The molecule has 1 aromatic heterocycles. The Morgan fingerprint density at radius 1 is 1.33 bits per heavy atom. The van der Waals surface area contributed by atoms with Crippen LogP contribution in [0.3, 0.4) is 0 Å². The highest BCUT2D eigenvalue weighted by atomic mass is 16.4. The zero-order valence-corrected chi connectivity index (χ0v) is 11.9. The summed E-state index contributed by atoms with van der Waals surface area (Å²) in [6, 6.07) is 2.81. The third-order valence-electron chi connectivity index (χ3n) is 3.80. The van der Waals surface area contributed by atoms with E-state index in [1.165, 1.54) is 6.08 Å². The zero-order valence-electron chi connectivity index (χ0n) is 11.9. The van der Waals surface area contributed by atoms with Crippen LogP contribution in [0.1, 0.15) is 37.7 Å². The highest BCUT2D eigenvalue weighted by Crippen LogP contribution is 2.26. The maximum Gasteiger partial charge on any atom is 0.326 e. The molecular weight excluding hydrogens is 268 g/mol. The number of carbonyl (C=O) groups excluding carboxylic acids is 1. The molecule has 0 radical (unpaired) electrons.